The van der Waals surface area contributed by atoms with Gasteiger partial charge in [0.1, 0.15) is 24.4 Å². The highest BCUT2D eigenvalue weighted by Crippen LogP contribution is 2.43. The van der Waals surface area contributed by atoms with E-state index in [0.717, 1.165) is 12.8 Å². The van der Waals surface area contributed by atoms with Crippen molar-refractivity contribution in [3.8, 4) is 0 Å². The second-order valence-electron chi connectivity index (χ2n) is 6.75. The molecule has 1 aliphatic heterocycles. The average molecular weight is 343 g/mol. The first-order valence-corrected chi connectivity index (χ1v) is 8.39. The highest BCUT2D eigenvalue weighted by molar-refractivity contribution is 5.79. The van der Waals surface area contributed by atoms with E-state index in [9.17, 15) is 20.1 Å². The van der Waals surface area contributed by atoms with E-state index >= 15 is 0 Å². The minimum absolute atomic E-state index is 0.00394. The number of carbonyl (C=O) groups excluding carboxylic acids is 1. The molecule has 8 heteroatoms. The van der Waals surface area contributed by atoms with Gasteiger partial charge in [-0.25, -0.2) is 0 Å². The summed E-state index contributed by atoms with van der Waals surface area (Å²) in [5.74, 6) is 0.883. The zero-order chi connectivity index (χ0) is 17.3. The summed E-state index contributed by atoms with van der Waals surface area (Å²) in [6.45, 7) is -0.157. The number of aliphatic hydroxyl groups excluding tert-OH is 4. The van der Waals surface area contributed by atoms with Crippen LogP contribution in [-0.2, 0) is 14.3 Å². The van der Waals surface area contributed by atoms with Crippen LogP contribution < -0.4 is 5.32 Å². The molecule has 3 unspecified atom stereocenters. The molecule has 3 aliphatic rings. The largest absolute Gasteiger partial charge is 0.394 e. The van der Waals surface area contributed by atoms with E-state index in [0.29, 0.717) is 11.8 Å². The van der Waals surface area contributed by atoms with E-state index in [-0.39, 0.29) is 25.0 Å². The molecule has 0 radical (unpaired) electrons. The molecule has 5 N–H and O–H groups in total. The summed E-state index contributed by atoms with van der Waals surface area (Å²) in [7, 11) is 0. The number of hydrogen-bond acceptors (Lipinski definition) is 7. The molecule has 3 rings (SSSR count). The van der Waals surface area contributed by atoms with E-state index in [4.69, 9.17) is 14.6 Å². The molecule has 1 heterocycles. The van der Waals surface area contributed by atoms with Crippen LogP contribution in [-0.4, -0.2) is 76.8 Å². The number of ether oxygens (including phenoxy) is 2. The Morgan fingerprint density at radius 1 is 1.17 bits per heavy atom. The number of rotatable bonds is 6. The van der Waals surface area contributed by atoms with Crippen LogP contribution in [0.1, 0.15) is 12.8 Å². The molecular weight excluding hydrogens is 318 g/mol. The first-order valence-electron chi connectivity index (χ1n) is 8.39. The number of amides is 1. The molecule has 24 heavy (non-hydrogen) atoms. The van der Waals surface area contributed by atoms with Crippen LogP contribution in [0.25, 0.3) is 0 Å². The lowest BCUT2D eigenvalue weighted by molar-refractivity contribution is -0.300. The third-order valence-corrected chi connectivity index (χ3v) is 5.15. The Bertz CT molecular complexity index is 483. The Labute approximate surface area is 140 Å². The summed E-state index contributed by atoms with van der Waals surface area (Å²) >= 11 is 0. The first-order chi connectivity index (χ1) is 11.5. The van der Waals surface area contributed by atoms with Gasteiger partial charge in [-0.2, -0.15) is 0 Å². The van der Waals surface area contributed by atoms with Gasteiger partial charge >= 0.3 is 0 Å². The van der Waals surface area contributed by atoms with Gasteiger partial charge in [0.25, 0.3) is 0 Å². The molecule has 0 aromatic carbocycles. The summed E-state index contributed by atoms with van der Waals surface area (Å²) in [6.07, 6.45) is -0.216. The fourth-order valence-corrected chi connectivity index (χ4v) is 3.77. The summed E-state index contributed by atoms with van der Waals surface area (Å²) in [5.41, 5.74) is 0. The van der Waals surface area contributed by atoms with Gasteiger partial charge in [0.05, 0.1) is 13.2 Å². The molecule has 0 aromatic heterocycles. The number of aliphatic hydroxyl groups is 4. The summed E-state index contributed by atoms with van der Waals surface area (Å²) in [6, 6.07) is 0. The minimum Gasteiger partial charge on any atom is -0.394 e. The molecule has 1 saturated heterocycles. The number of allylic oxidation sites excluding steroid dienone is 2. The van der Waals surface area contributed by atoms with Gasteiger partial charge in [-0.15, -0.1) is 0 Å². The summed E-state index contributed by atoms with van der Waals surface area (Å²) < 4.78 is 10.6. The number of carbonyl (C=O) groups is 1. The van der Waals surface area contributed by atoms with Crippen LogP contribution in [0.15, 0.2) is 12.2 Å². The second-order valence-corrected chi connectivity index (χ2v) is 6.75. The number of nitrogens with one attached hydrogen (secondary N) is 1. The highest BCUT2D eigenvalue weighted by atomic mass is 16.7. The topological polar surface area (TPSA) is 128 Å². The lowest BCUT2D eigenvalue weighted by Gasteiger charge is -2.39. The molecule has 0 spiro atoms. The quantitative estimate of drug-likeness (QED) is 0.282. The Hall–Kier alpha value is -1.03. The van der Waals surface area contributed by atoms with Gasteiger partial charge in [0.15, 0.2) is 6.29 Å². The molecule has 8 nitrogen and oxygen atoms in total. The number of fused-ring (bicyclic) bond motifs is 2. The summed E-state index contributed by atoms with van der Waals surface area (Å²) in [5, 5.41) is 41.1. The van der Waals surface area contributed by atoms with E-state index in [1.165, 1.54) is 0 Å². The predicted molar refractivity (Wildman–Crippen MR) is 81.6 cm³/mol. The first kappa shape index (κ1) is 17.8. The number of hydrogen-bond donors (Lipinski definition) is 5. The van der Waals surface area contributed by atoms with Crippen molar-refractivity contribution in [2.45, 2.75) is 43.5 Å². The standard InChI is InChI=1S/C16H25NO7/c18-7-11-12(19)13(20)14(21)16(24-11)23-4-3-17-15(22)10-6-8-1-2-9(10)5-8/h1-2,8-14,16,18-21H,3-7H2,(H,17,22)/t8?,9?,10?,11-,12+,13+,14-,16-/m1/s1. The zero-order valence-corrected chi connectivity index (χ0v) is 13.3. The normalized spacial score (nSPS) is 44.0. The molecule has 1 amide bonds. The van der Waals surface area contributed by atoms with Gasteiger partial charge in [0.2, 0.25) is 5.91 Å². The van der Waals surface area contributed by atoms with E-state index in [2.05, 4.69) is 17.5 Å². The predicted octanol–water partition coefficient (Wildman–Crippen LogP) is -1.87. The lowest BCUT2D eigenvalue weighted by Crippen LogP contribution is -2.59. The Kier molecular flexibility index (Phi) is 5.53. The molecular formula is C16H25NO7. The van der Waals surface area contributed by atoms with Crippen molar-refractivity contribution >= 4 is 5.91 Å². The third kappa shape index (κ3) is 3.49. The Morgan fingerprint density at radius 2 is 1.96 bits per heavy atom. The highest BCUT2D eigenvalue weighted by Gasteiger charge is 2.44. The monoisotopic (exact) mass is 343 g/mol. The van der Waals surface area contributed by atoms with Gasteiger partial charge in [-0.05, 0) is 24.7 Å². The summed E-state index contributed by atoms with van der Waals surface area (Å²) in [4.78, 5) is 12.2. The average Bonchev–Trinajstić information content (AvgIpc) is 3.21. The van der Waals surface area contributed by atoms with E-state index in [1.54, 1.807) is 0 Å². The fraction of sp³-hybridized carbons (Fsp3) is 0.812. The maximum absolute atomic E-state index is 12.2. The second kappa shape index (κ2) is 7.47. The molecule has 1 saturated carbocycles. The van der Waals surface area contributed by atoms with Crippen molar-refractivity contribution in [1.29, 1.82) is 0 Å². The van der Waals surface area contributed by atoms with Crippen molar-refractivity contribution < 1.29 is 34.7 Å². The van der Waals surface area contributed by atoms with E-state index in [1.807, 2.05) is 0 Å². The smallest absolute Gasteiger partial charge is 0.223 e. The molecule has 2 fully saturated rings. The molecule has 0 aromatic rings. The lowest BCUT2D eigenvalue weighted by atomic mass is 9.93. The maximum atomic E-state index is 12.2. The van der Waals surface area contributed by atoms with Crippen molar-refractivity contribution in [2.24, 2.45) is 17.8 Å². The van der Waals surface area contributed by atoms with Crippen LogP contribution >= 0.6 is 0 Å². The third-order valence-electron chi connectivity index (χ3n) is 5.15. The SMILES string of the molecule is O=C(NCCO[C@@H]1O[C@H](CO)[C@H](O)[C@H](O)[C@H]1O)C1CC2C=CC1C2. The Balaban J connectivity index is 1.40. The molecule has 8 atom stereocenters. The molecule has 2 bridgehead atoms. The van der Waals surface area contributed by atoms with Gasteiger partial charge < -0.3 is 35.2 Å². The van der Waals surface area contributed by atoms with Crippen LogP contribution in [0.5, 0.6) is 0 Å². The van der Waals surface area contributed by atoms with Crippen LogP contribution in [0.2, 0.25) is 0 Å². The van der Waals surface area contributed by atoms with Crippen LogP contribution in [0.3, 0.4) is 0 Å². The van der Waals surface area contributed by atoms with Gasteiger partial charge in [-0.3, -0.25) is 4.79 Å². The van der Waals surface area contributed by atoms with E-state index < -0.39 is 37.3 Å². The van der Waals surface area contributed by atoms with Crippen molar-refractivity contribution in [1.82, 2.24) is 5.32 Å². The van der Waals surface area contributed by atoms with Crippen LogP contribution in [0.4, 0.5) is 0 Å². The van der Waals surface area contributed by atoms with Crippen molar-refractivity contribution in [2.75, 3.05) is 19.8 Å². The Morgan fingerprint density at radius 3 is 2.58 bits per heavy atom. The minimum atomic E-state index is -1.46. The molecule has 136 valence electrons. The molecule has 2 aliphatic carbocycles. The zero-order valence-electron chi connectivity index (χ0n) is 13.3. The van der Waals surface area contributed by atoms with Crippen molar-refractivity contribution in [3.05, 3.63) is 12.2 Å². The van der Waals surface area contributed by atoms with Crippen LogP contribution in [0, 0.1) is 17.8 Å². The van der Waals surface area contributed by atoms with Crippen molar-refractivity contribution in [3.63, 3.8) is 0 Å². The maximum Gasteiger partial charge on any atom is 0.223 e. The fourth-order valence-electron chi connectivity index (χ4n) is 3.77. The van der Waals surface area contributed by atoms with Gasteiger partial charge in [-0.1, -0.05) is 12.2 Å². The van der Waals surface area contributed by atoms with Gasteiger partial charge in [0, 0.05) is 12.5 Å².